The van der Waals surface area contributed by atoms with Crippen molar-refractivity contribution in [1.82, 2.24) is 20.0 Å². The molecule has 0 aliphatic heterocycles. The highest BCUT2D eigenvalue weighted by molar-refractivity contribution is 5.16. The Labute approximate surface area is 125 Å². The third-order valence-electron chi connectivity index (χ3n) is 3.11. The van der Waals surface area contributed by atoms with Crippen LogP contribution in [-0.4, -0.2) is 20.0 Å². The molecule has 3 rings (SSSR count). The van der Waals surface area contributed by atoms with E-state index < -0.39 is 0 Å². The predicted octanol–water partition coefficient (Wildman–Crippen LogP) is 3.57. The molecule has 2 aromatic heterocycles. The molecule has 4 heteroatoms. The van der Waals surface area contributed by atoms with Crippen molar-refractivity contribution in [2.45, 2.75) is 34.2 Å². The van der Waals surface area contributed by atoms with Crippen LogP contribution in [0.5, 0.6) is 0 Å². The second-order valence-corrected chi connectivity index (χ2v) is 5.26. The highest BCUT2D eigenvalue weighted by Crippen LogP contribution is 2.06. The van der Waals surface area contributed by atoms with Gasteiger partial charge in [0, 0.05) is 11.4 Å². The number of aromatic nitrogens is 4. The summed E-state index contributed by atoms with van der Waals surface area (Å²) >= 11 is 0. The zero-order chi connectivity index (χ0) is 15.2. The summed E-state index contributed by atoms with van der Waals surface area (Å²) < 4.78 is 2.03. The molecule has 0 saturated heterocycles. The zero-order valence-corrected chi connectivity index (χ0v) is 13.1. The van der Waals surface area contributed by atoms with Crippen LogP contribution < -0.4 is 0 Å². The van der Waals surface area contributed by atoms with E-state index in [1.54, 1.807) is 0 Å². The Morgan fingerprint density at radius 2 is 1.67 bits per heavy atom. The number of benzene rings is 1. The maximum Gasteiger partial charge on any atom is 0.0662 e. The van der Waals surface area contributed by atoms with Crippen molar-refractivity contribution in [2.24, 2.45) is 0 Å². The highest BCUT2D eigenvalue weighted by atomic mass is 15.3. The van der Waals surface area contributed by atoms with Crippen LogP contribution in [0.1, 0.15) is 28.3 Å². The van der Waals surface area contributed by atoms with Crippen molar-refractivity contribution < 1.29 is 0 Å². The van der Waals surface area contributed by atoms with Crippen LogP contribution in [0.2, 0.25) is 0 Å². The van der Waals surface area contributed by atoms with Crippen molar-refractivity contribution in [3.8, 4) is 0 Å². The molecule has 4 nitrogen and oxygen atoms in total. The topological polar surface area (TPSA) is 46.5 Å². The van der Waals surface area contributed by atoms with Gasteiger partial charge in [-0.05, 0) is 45.4 Å². The number of H-pyrrole nitrogens is 1. The molecule has 3 aromatic rings. The lowest BCUT2D eigenvalue weighted by Crippen LogP contribution is -2.03. The molecular weight excluding hydrogens is 260 g/mol. The van der Waals surface area contributed by atoms with Crippen LogP contribution in [0.4, 0.5) is 0 Å². The molecule has 0 spiro atoms. The first kappa shape index (κ1) is 15.0. The van der Waals surface area contributed by atoms with Gasteiger partial charge in [-0.3, -0.25) is 9.78 Å². The van der Waals surface area contributed by atoms with Gasteiger partial charge in [-0.25, -0.2) is 0 Å². The molecule has 0 fully saturated rings. The smallest absolute Gasteiger partial charge is 0.0662 e. The van der Waals surface area contributed by atoms with Gasteiger partial charge in [0.1, 0.15) is 0 Å². The van der Waals surface area contributed by atoms with Crippen LogP contribution >= 0.6 is 0 Å². The van der Waals surface area contributed by atoms with Crippen molar-refractivity contribution in [3.05, 3.63) is 70.8 Å². The van der Waals surface area contributed by atoms with Crippen molar-refractivity contribution in [1.29, 1.82) is 0 Å². The summed E-state index contributed by atoms with van der Waals surface area (Å²) in [7, 11) is 0. The van der Waals surface area contributed by atoms with Crippen LogP contribution in [-0.2, 0) is 6.54 Å². The molecule has 2 heterocycles. The summed E-state index contributed by atoms with van der Waals surface area (Å²) in [4.78, 5) is 0. The van der Waals surface area contributed by atoms with Gasteiger partial charge < -0.3 is 0 Å². The maximum atomic E-state index is 4.42. The lowest BCUT2D eigenvalue weighted by atomic mass is 10.2. The van der Waals surface area contributed by atoms with Gasteiger partial charge in [-0.2, -0.15) is 10.2 Å². The highest BCUT2D eigenvalue weighted by Gasteiger charge is 2.00. The Hall–Kier alpha value is -2.36. The quantitative estimate of drug-likeness (QED) is 0.781. The number of hydrogen-bond acceptors (Lipinski definition) is 2. The Morgan fingerprint density at radius 1 is 0.952 bits per heavy atom. The van der Waals surface area contributed by atoms with E-state index in [2.05, 4.69) is 52.6 Å². The molecule has 0 radical (unpaired) electrons. The standard InChI is InChI=1S/C12H14N2.C5H8N2/c1-10-8-11(2)14(13-10)9-12-6-4-3-5-7-12;1-4-3-5(2)7-6-4/h3-8H,9H2,1-2H3;3H,1-2H3,(H,6,7). The molecule has 0 atom stereocenters. The number of rotatable bonds is 2. The SMILES string of the molecule is Cc1cc(C)[nH]n1.Cc1cc(C)n(Cc2ccccc2)n1. The molecule has 1 aromatic carbocycles. The van der Waals surface area contributed by atoms with Gasteiger partial charge in [0.15, 0.2) is 0 Å². The summed E-state index contributed by atoms with van der Waals surface area (Å²) in [5.74, 6) is 0. The normalized spacial score (nSPS) is 10.1. The van der Waals surface area contributed by atoms with E-state index in [0.717, 1.165) is 23.6 Å². The van der Waals surface area contributed by atoms with Gasteiger partial charge >= 0.3 is 0 Å². The van der Waals surface area contributed by atoms with E-state index in [4.69, 9.17) is 0 Å². The minimum Gasteiger partial charge on any atom is -0.283 e. The number of nitrogens with one attached hydrogen (secondary N) is 1. The second kappa shape index (κ2) is 6.88. The Balaban J connectivity index is 0.000000194. The van der Waals surface area contributed by atoms with E-state index in [0.29, 0.717) is 0 Å². The second-order valence-electron chi connectivity index (χ2n) is 5.26. The molecular formula is C17H22N4. The first-order valence-corrected chi connectivity index (χ1v) is 7.08. The predicted molar refractivity (Wildman–Crippen MR) is 85.3 cm³/mol. The average Bonchev–Trinajstić information content (AvgIpc) is 2.97. The lowest BCUT2D eigenvalue weighted by Gasteiger charge is -2.03. The fourth-order valence-electron chi connectivity index (χ4n) is 2.15. The summed E-state index contributed by atoms with van der Waals surface area (Å²) in [6.07, 6.45) is 0. The largest absolute Gasteiger partial charge is 0.283 e. The van der Waals surface area contributed by atoms with Crippen LogP contribution in [0.25, 0.3) is 0 Å². The van der Waals surface area contributed by atoms with Gasteiger partial charge in [-0.15, -0.1) is 0 Å². The molecule has 0 saturated carbocycles. The van der Waals surface area contributed by atoms with E-state index in [1.807, 2.05) is 37.6 Å². The Kier molecular flexibility index (Phi) is 4.93. The van der Waals surface area contributed by atoms with Crippen molar-refractivity contribution in [2.75, 3.05) is 0 Å². The Bertz CT molecular complexity index is 663. The summed E-state index contributed by atoms with van der Waals surface area (Å²) in [5, 5.41) is 11.1. The molecule has 21 heavy (non-hydrogen) atoms. The lowest BCUT2D eigenvalue weighted by molar-refractivity contribution is 0.659. The van der Waals surface area contributed by atoms with Crippen molar-refractivity contribution >= 4 is 0 Å². The maximum absolute atomic E-state index is 4.42. The van der Waals surface area contributed by atoms with E-state index in [9.17, 15) is 0 Å². The van der Waals surface area contributed by atoms with E-state index in [1.165, 1.54) is 11.3 Å². The third kappa shape index (κ3) is 4.60. The van der Waals surface area contributed by atoms with Crippen molar-refractivity contribution in [3.63, 3.8) is 0 Å². The third-order valence-corrected chi connectivity index (χ3v) is 3.11. The van der Waals surface area contributed by atoms with Crippen LogP contribution in [0, 0.1) is 27.7 Å². The minimum atomic E-state index is 0.862. The monoisotopic (exact) mass is 282 g/mol. The first-order chi connectivity index (χ1) is 10.0. The molecule has 0 amide bonds. The van der Waals surface area contributed by atoms with Crippen LogP contribution in [0.3, 0.4) is 0 Å². The molecule has 0 unspecified atom stereocenters. The van der Waals surface area contributed by atoms with Gasteiger partial charge in [0.05, 0.1) is 17.9 Å². The summed E-state index contributed by atoms with van der Waals surface area (Å²) in [6, 6.07) is 14.5. The van der Waals surface area contributed by atoms with E-state index >= 15 is 0 Å². The minimum absolute atomic E-state index is 0.862. The number of hydrogen-bond donors (Lipinski definition) is 1. The molecule has 110 valence electrons. The van der Waals surface area contributed by atoms with E-state index in [-0.39, 0.29) is 0 Å². The number of nitrogens with zero attached hydrogens (tertiary/aromatic N) is 3. The molecule has 1 N–H and O–H groups in total. The zero-order valence-electron chi connectivity index (χ0n) is 13.1. The summed E-state index contributed by atoms with van der Waals surface area (Å²) in [5.41, 5.74) is 5.76. The number of aryl methyl sites for hydroxylation is 4. The number of aromatic amines is 1. The average molecular weight is 282 g/mol. The van der Waals surface area contributed by atoms with Gasteiger partial charge in [0.2, 0.25) is 0 Å². The fraction of sp³-hybridized carbons (Fsp3) is 0.294. The van der Waals surface area contributed by atoms with Gasteiger partial charge in [0.25, 0.3) is 0 Å². The first-order valence-electron chi connectivity index (χ1n) is 7.08. The molecule has 0 aliphatic rings. The van der Waals surface area contributed by atoms with Crippen LogP contribution in [0.15, 0.2) is 42.5 Å². The Morgan fingerprint density at radius 3 is 2.10 bits per heavy atom. The van der Waals surface area contributed by atoms with Gasteiger partial charge in [-0.1, -0.05) is 30.3 Å². The fourth-order valence-corrected chi connectivity index (χ4v) is 2.15. The molecule has 0 bridgehead atoms. The summed E-state index contributed by atoms with van der Waals surface area (Å²) in [6.45, 7) is 8.92. The molecule has 0 aliphatic carbocycles.